The van der Waals surface area contributed by atoms with Gasteiger partial charge < -0.3 is 14.7 Å². The molecule has 0 saturated heterocycles. The van der Waals surface area contributed by atoms with E-state index in [1.165, 1.54) is 129 Å². The van der Waals surface area contributed by atoms with E-state index in [4.69, 9.17) is 0 Å². The maximum Gasteiger partial charge on any atom is 0.252 e. The number of anilines is 8. The summed E-state index contributed by atoms with van der Waals surface area (Å²) in [5.41, 5.74) is 24.4. The van der Waals surface area contributed by atoms with Crippen molar-refractivity contribution in [2.24, 2.45) is 0 Å². The van der Waals surface area contributed by atoms with Crippen molar-refractivity contribution < 1.29 is 0 Å². The van der Waals surface area contributed by atoms with Gasteiger partial charge in [-0.15, -0.1) is 11.3 Å². The second-order valence-corrected chi connectivity index (χ2v) is 26.0. The van der Waals surface area contributed by atoms with Crippen LogP contribution in [-0.2, 0) is 16.2 Å². The molecule has 4 heterocycles. The lowest BCUT2D eigenvalue weighted by molar-refractivity contribution is 0.195. The van der Waals surface area contributed by atoms with Gasteiger partial charge in [0.15, 0.2) is 0 Å². The highest BCUT2D eigenvalue weighted by molar-refractivity contribution is 7.25. The topological polar surface area (TPSA) is 9.72 Å². The Morgan fingerprint density at radius 3 is 1.88 bits per heavy atom. The molecule has 0 radical (unpaired) electrons. The summed E-state index contributed by atoms with van der Waals surface area (Å²) in [5.74, 6) is 0. The third kappa shape index (κ3) is 7.00. The van der Waals surface area contributed by atoms with Gasteiger partial charge in [-0.3, -0.25) is 0 Å². The van der Waals surface area contributed by atoms with Gasteiger partial charge in [0.25, 0.3) is 6.71 Å². The van der Waals surface area contributed by atoms with Crippen LogP contribution in [0.25, 0.3) is 42.4 Å². The fourth-order valence-corrected chi connectivity index (χ4v) is 15.3. The molecule has 2 unspecified atom stereocenters. The molecule has 10 aromatic rings. The van der Waals surface area contributed by atoms with Gasteiger partial charge in [0.2, 0.25) is 0 Å². The van der Waals surface area contributed by atoms with Crippen LogP contribution < -0.4 is 31.1 Å². The summed E-state index contributed by atoms with van der Waals surface area (Å²) >= 11 is 1.88. The molecule has 374 valence electrons. The van der Waals surface area contributed by atoms with Gasteiger partial charge in [0, 0.05) is 71.0 Å². The quantitative estimate of drug-likeness (QED) is 0.154. The summed E-state index contributed by atoms with van der Waals surface area (Å²) in [7, 11) is 0. The Morgan fingerprint density at radius 1 is 0.500 bits per heavy atom. The van der Waals surface area contributed by atoms with Crippen molar-refractivity contribution >= 4 is 100 Å². The minimum atomic E-state index is -0.0960. The average molecular weight is 1000 g/mol. The van der Waals surface area contributed by atoms with E-state index < -0.39 is 0 Å². The highest BCUT2D eigenvalue weighted by Crippen LogP contribution is 2.62. The zero-order chi connectivity index (χ0) is 52.0. The van der Waals surface area contributed by atoms with Crippen molar-refractivity contribution in [3.63, 3.8) is 0 Å². The summed E-state index contributed by atoms with van der Waals surface area (Å²) in [5, 5.41) is 2.62. The number of thiophene rings is 1. The first-order valence-corrected chi connectivity index (χ1v) is 28.6. The predicted molar refractivity (Wildman–Crippen MR) is 329 cm³/mol. The zero-order valence-corrected chi connectivity index (χ0v) is 46.4. The Morgan fingerprint density at radius 2 is 1.13 bits per heavy atom. The third-order valence-corrected chi connectivity index (χ3v) is 19.5. The van der Waals surface area contributed by atoms with Gasteiger partial charge in [0.1, 0.15) is 0 Å². The third-order valence-electron chi connectivity index (χ3n) is 18.3. The molecular formula is C71H66BN3S. The summed E-state index contributed by atoms with van der Waals surface area (Å²) in [4.78, 5) is 8.06. The molecule has 0 spiro atoms. The minimum Gasteiger partial charge on any atom is -0.335 e. The van der Waals surface area contributed by atoms with Crippen molar-refractivity contribution in [2.75, 3.05) is 14.7 Å². The molecule has 5 heteroatoms. The first kappa shape index (κ1) is 47.1. The van der Waals surface area contributed by atoms with E-state index >= 15 is 0 Å². The zero-order valence-electron chi connectivity index (χ0n) is 45.6. The van der Waals surface area contributed by atoms with Crippen LogP contribution in [0.15, 0.2) is 188 Å². The lowest BCUT2D eigenvalue weighted by Crippen LogP contribution is -2.64. The predicted octanol–water partition coefficient (Wildman–Crippen LogP) is 18.1. The summed E-state index contributed by atoms with van der Waals surface area (Å²) < 4.78 is 2.61. The van der Waals surface area contributed by atoms with E-state index in [0.29, 0.717) is 0 Å². The Hall–Kier alpha value is -7.34. The Labute approximate surface area is 454 Å². The molecular weight excluding hydrogens is 938 g/mol. The van der Waals surface area contributed by atoms with E-state index in [2.05, 4.69) is 265 Å². The van der Waals surface area contributed by atoms with Crippen LogP contribution in [0.2, 0.25) is 0 Å². The lowest BCUT2D eigenvalue weighted by Gasteiger charge is -2.53. The maximum atomic E-state index is 2.87. The smallest absolute Gasteiger partial charge is 0.252 e. The molecule has 4 aliphatic rings. The van der Waals surface area contributed by atoms with Crippen molar-refractivity contribution in [1.82, 2.24) is 0 Å². The van der Waals surface area contributed by atoms with E-state index in [-0.39, 0.29) is 28.5 Å². The van der Waals surface area contributed by atoms with Crippen molar-refractivity contribution in [3.05, 3.63) is 210 Å². The van der Waals surface area contributed by atoms with Gasteiger partial charge in [-0.1, -0.05) is 177 Å². The molecule has 1 aromatic heterocycles. The highest BCUT2D eigenvalue weighted by Gasteiger charge is 2.61. The van der Waals surface area contributed by atoms with Crippen molar-refractivity contribution in [1.29, 1.82) is 0 Å². The molecule has 1 aliphatic carbocycles. The normalized spacial score (nSPS) is 18.4. The van der Waals surface area contributed by atoms with E-state index in [1.807, 2.05) is 11.3 Å². The van der Waals surface area contributed by atoms with Gasteiger partial charge in [-0.05, 0) is 166 Å². The van der Waals surface area contributed by atoms with Crippen LogP contribution in [0.3, 0.4) is 0 Å². The highest BCUT2D eigenvalue weighted by atomic mass is 32.1. The number of aryl methyl sites for hydroxylation is 1. The van der Waals surface area contributed by atoms with Gasteiger partial charge >= 0.3 is 0 Å². The number of fused-ring (bicyclic) bond motifs is 10. The molecule has 3 nitrogen and oxygen atoms in total. The Bertz CT molecular complexity index is 3970. The standard InChI is InChI=1S/C71H66BN3S/c1-45-38-62-66-63(39-45)75-67-57(70(8)36-18-19-37-71(70,75)9)40-48(46-20-12-10-13-21-46)41-59(67)72(66)58-34-32-52(43-61(58)74(62)60-35-28-50(69(5,6)7)42-56(60)47-22-14-11-15-23-47)73(51-29-26-49(27-30-51)68(2,3)4)53-31-33-55-54-24-16-17-25-64(54)76-65(55)44-53/h10-17,20-35,38-44H,18-19,36-37H2,1-9H3. The first-order chi connectivity index (χ1) is 36.6. The molecule has 1 saturated carbocycles. The van der Waals surface area contributed by atoms with Crippen LogP contribution in [-0.4, -0.2) is 12.3 Å². The Balaban J connectivity index is 1.08. The molecule has 2 atom stereocenters. The molecule has 0 N–H and O–H groups in total. The van der Waals surface area contributed by atoms with E-state index in [1.54, 1.807) is 0 Å². The monoisotopic (exact) mass is 1000 g/mol. The second-order valence-electron chi connectivity index (χ2n) is 25.0. The molecule has 0 amide bonds. The SMILES string of the molecule is Cc1cc2c3c(c1)N1c4c(cc(-c5ccccc5)cc4C4(C)CCCCC14C)B3c1ccc(N(c3ccc(C(C)(C)C)cc3)c3ccc4c(c3)sc3ccccc34)cc1N2c1ccc(C(C)(C)C)cc1-c1ccccc1. The van der Waals surface area contributed by atoms with Gasteiger partial charge in [0.05, 0.1) is 11.2 Å². The van der Waals surface area contributed by atoms with Crippen molar-refractivity contribution in [2.45, 2.75) is 110 Å². The lowest BCUT2D eigenvalue weighted by atomic mass is 9.33. The molecule has 76 heavy (non-hydrogen) atoms. The van der Waals surface area contributed by atoms with Gasteiger partial charge in [-0.2, -0.15) is 0 Å². The van der Waals surface area contributed by atoms with E-state index in [9.17, 15) is 0 Å². The van der Waals surface area contributed by atoms with Crippen LogP contribution >= 0.6 is 11.3 Å². The number of nitrogens with zero attached hydrogens (tertiary/aromatic N) is 3. The van der Waals surface area contributed by atoms with Crippen molar-refractivity contribution in [3.8, 4) is 22.3 Å². The van der Waals surface area contributed by atoms with Crippen LogP contribution in [0.4, 0.5) is 45.5 Å². The molecule has 14 rings (SSSR count). The molecule has 1 fully saturated rings. The molecule has 0 bridgehead atoms. The van der Waals surface area contributed by atoms with Gasteiger partial charge in [-0.25, -0.2) is 0 Å². The fourth-order valence-electron chi connectivity index (χ4n) is 14.1. The van der Waals surface area contributed by atoms with Crippen LogP contribution in [0, 0.1) is 6.92 Å². The molecule has 3 aliphatic heterocycles. The number of hydrogen-bond acceptors (Lipinski definition) is 4. The van der Waals surface area contributed by atoms with E-state index in [0.717, 1.165) is 23.5 Å². The largest absolute Gasteiger partial charge is 0.335 e. The second kappa shape index (κ2) is 16.8. The first-order valence-electron chi connectivity index (χ1n) is 27.7. The number of benzene rings is 9. The van der Waals surface area contributed by atoms with Crippen LogP contribution in [0.5, 0.6) is 0 Å². The maximum absolute atomic E-state index is 2.87. The molecule has 9 aromatic carbocycles. The number of rotatable bonds is 6. The Kier molecular flexibility index (Phi) is 10.4. The fraction of sp³-hybridized carbons (Fsp3) is 0.239. The summed E-state index contributed by atoms with van der Waals surface area (Å²) in [6.07, 6.45) is 4.81. The average Bonchev–Trinajstić information content (AvgIpc) is 3.73. The van der Waals surface area contributed by atoms with Crippen LogP contribution in [0.1, 0.15) is 103 Å². The summed E-state index contributed by atoms with van der Waals surface area (Å²) in [6, 6.07) is 72.6. The minimum absolute atomic E-state index is 0.00430. The summed E-state index contributed by atoms with van der Waals surface area (Å²) in [6.45, 7) is 21.5. The number of hydrogen-bond donors (Lipinski definition) is 0.